The Morgan fingerprint density at radius 2 is 2.17 bits per heavy atom. The van der Waals surface area contributed by atoms with E-state index in [4.69, 9.17) is 9.15 Å². The molecule has 1 aromatic heterocycles. The fourth-order valence-electron chi connectivity index (χ4n) is 1.60. The summed E-state index contributed by atoms with van der Waals surface area (Å²) in [6.45, 7) is 10.3. The monoisotopic (exact) mass is 256 g/mol. The molecule has 1 heterocycles. The second kappa shape index (κ2) is 8.05. The number of hydrogen-bond donors (Lipinski definition) is 1. The number of ether oxygens (including phenoxy) is 1. The van der Waals surface area contributed by atoms with Crippen molar-refractivity contribution in [1.29, 1.82) is 0 Å². The summed E-state index contributed by atoms with van der Waals surface area (Å²) in [5, 5.41) is 11.3. The van der Waals surface area contributed by atoms with Crippen molar-refractivity contribution < 1.29 is 9.15 Å². The number of rotatable bonds is 9. The zero-order valence-corrected chi connectivity index (χ0v) is 11.8. The Labute approximate surface area is 109 Å². The van der Waals surface area contributed by atoms with Gasteiger partial charge in [-0.2, -0.15) is 0 Å². The van der Waals surface area contributed by atoms with Crippen molar-refractivity contribution in [2.75, 3.05) is 38.3 Å². The van der Waals surface area contributed by atoms with E-state index in [1.165, 1.54) is 0 Å². The molecule has 0 unspecified atom stereocenters. The molecule has 6 heteroatoms. The Bertz CT molecular complexity index is 328. The Hall–Kier alpha value is -1.14. The molecule has 6 nitrogen and oxygen atoms in total. The quantitative estimate of drug-likeness (QED) is 0.672. The lowest BCUT2D eigenvalue weighted by atomic mass is 10.2. The van der Waals surface area contributed by atoms with E-state index in [2.05, 4.69) is 41.2 Å². The molecule has 0 aliphatic rings. The molecule has 0 aromatic carbocycles. The zero-order valence-electron chi connectivity index (χ0n) is 11.8. The van der Waals surface area contributed by atoms with E-state index in [9.17, 15) is 0 Å². The van der Waals surface area contributed by atoms with Crippen molar-refractivity contribution >= 4 is 6.01 Å². The lowest BCUT2D eigenvalue weighted by molar-refractivity contribution is 0.198. The molecule has 0 saturated carbocycles. The molecule has 104 valence electrons. The first-order valence-electron chi connectivity index (χ1n) is 6.44. The van der Waals surface area contributed by atoms with Crippen LogP contribution in [0.5, 0.6) is 0 Å². The number of anilines is 1. The van der Waals surface area contributed by atoms with Gasteiger partial charge in [0.05, 0.1) is 13.2 Å². The van der Waals surface area contributed by atoms with Crippen molar-refractivity contribution in [2.24, 2.45) is 5.92 Å². The first kappa shape index (κ1) is 14.9. The van der Waals surface area contributed by atoms with E-state index in [-0.39, 0.29) is 0 Å². The minimum absolute atomic E-state index is 0.570. The van der Waals surface area contributed by atoms with Gasteiger partial charge in [0.1, 0.15) is 0 Å². The largest absolute Gasteiger partial charge is 0.407 e. The third-order valence-electron chi connectivity index (χ3n) is 2.45. The fourth-order valence-corrected chi connectivity index (χ4v) is 1.60. The Balaban J connectivity index is 2.45. The first-order chi connectivity index (χ1) is 8.67. The van der Waals surface area contributed by atoms with Crippen LogP contribution in [0.3, 0.4) is 0 Å². The highest BCUT2D eigenvalue weighted by atomic mass is 16.5. The van der Waals surface area contributed by atoms with Crippen LogP contribution < -0.4 is 10.2 Å². The maximum Gasteiger partial charge on any atom is 0.318 e. The van der Waals surface area contributed by atoms with Crippen molar-refractivity contribution in [3.05, 3.63) is 5.89 Å². The van der Waals surface area contributed by atoms with Crippen LogP contribution in [0, 0.1) is 5.92 Å². The molecule has 1 N–H and O–H groups in total. The Kier molecular flexibility index (Phi) is 6.67. The van der Waals surface area contributed by atoms with Gasteiger partial charge in [-0.25, -0.2) is 0 Å². The molecule has 0 radical (unpaired) electrons. The van der Waals surface area contributed by atoms with Gasteiger partial charge in [-0.15, -0.1) is 5.10 Å². The molecule has 0 amide bonds. The average molecular weight is 256 g/mol. The van der Waals surface area contributed by atoms with Gasteiger partial charge < -0.3 is 19.4 Å². The van der Waals surface area contributed by atoms with E-state index in [0.717, 1.165) is 19.6 Å². The smallest absolute Gasteiger partial charge is 0.318 e. The average Bonchev–Trinajstić information content (AvgIpc) is 2.80. The minimum Gasteiger partial charge on any atom is -0.407 e. The number of aromatic nitrogens is 2. The molecule has 0 aliphatic heterocycles. The standard InChI is InChI=1S/C12H24N4O2/c1-5-16(9-10(2)3)12-15-14-11(18-12)8-13-6-7-17-4/h10,13H,5-9H2,1-4H3. The molecule has 1 aromatic rings. The van der Waals surface area contributed by atoms with Crippen LogP contribution in [0.15, 0.2) is 4.42 Å². The maximum absolute atomic E-state index is 5.62. The van der Waals surface area contributed by atoms with Crippen LogP contribution in [-0.4, -0.2) is 43.5 Å². The predicted molar refractivity (Wildman–Crippen MR) is 70.6 cm³/mol. The van der Waals surface area contributed by atoms with Crippen molar-refractivity contribution in [3.63, 3.8) is 0 Å². The van der Waals surface area contributed by atoms with Crippen LogP contribution in [0.25, 0.3) is 0 Å². The van der Waals surface area contributed by atoms with Crippen molar-refractivity contribution in [3.8, 4) is 0 Å². The number of methoxy groups -OCH3 is 1. The van der Waals surface area contributed by atoms with Crippen LogP contribution in [0.4, 0.5) is 6.01 Å². The molecule has 0 aliphatic carbocycles. The van der Waals surface area contributed by atoms with Gasteiger partial charge in [-0.05, 0) is 12.8 Å². The van der Waals surface area contributed by atoms with Crippen LogP contribution in [0.1, 0.15) is 26.7 Å². The summed E-state index contributed by atoms with van der Waals surface area (Å²) < 4.78 is 10.6. The predicted octanol–water partition coefficient (Wildman–Crippen LogP) is 1.29. The zero-order chi connectivity index (χ0) is 13.4. The van der Waals surface area contributed by atoms with E-state index >= 15 is 0 Å². The molecule has 0 saturated heterocycles. The summed E-state index contributed by atoms with van der Waals surface area (Å²) in [7, 11) is 1.68. The molecular formula is C12H24N4O2. The SMILES string of the molecule is CCN(CC(C)C)c1nnc(CNCCOC)o1. The van der Waals surface area contributed by atoms with Gasteiger partial charge in [0.2, 0.25) is 5.89 Å². The van der Waals surface area contributed by atoms with Crippen LogP contribution in [0.2, 0.25) is 0 Å². The van der Waals surface area contributed by atoms with Gasteiger partial charge in [-0.3, -0.25) is 0 Å². The summed E-state index contributed by atoms with van der Waals surface area (Å²) in [6.07, 6.45) is 0. The molecular weight excluding hydrogens is 232 g/mol. The Morgan fingerprint density at radius 1 is 1.39 bits per heavy atom. The molecule has 0 atom stereocenters. The third-order valence-corrected chi connectivity index (χ3v) is 2.45. The number of nitrogens with zero attached hydrogens (tertiary/aromatic N) is 3. The van der Waals surface area contributed by atoms with E-state index in [0.29, 0.717) is 31.0 Å². The second-order valence-corrected chi connectivity index (χ2v) is 4.58. The summed E-state index contributed by atoms with van der Waals surface area (Å²) >= 11 is 0. The highest BCUT2D eigenvalue weighted by Crippen LogP contribution is 2.13. The van der Waals surface area contributed by atoms with E-state index in [1.807, 2.05) is 0 Å². The highest BCUT2D eigenvalue weighted by molar-refractivity contribution is 5.23. The van der Waals surface area contributed by atoms with Gasteiger partial charge in [0.15, 0.2) is 0 Å². The lowest BCUT2D eigenvalue weighted by Crippen LogP contribution is -2.27. The first-order valence-corrected chi connectivity index (χ1v) is 6.44. The normalized spacial score (nSPS) is 11.2. The molecule has 0 spiro atoms. The number of hydrogen-bond acceptors (Lipinski definition) is 6. The van der Waals surface area contributed by atoms with Gasteiger partial charge in [-0.1, -0.05) is 18.9 Å². The molecule has 18 heavy (non-hydrogen) atoms. The topological polar surface area (TPSA) is 63.4 Å². The van der Waals surface area contributed by atoms with E-state index in [1.54, 1.807) is 7.11 Å². The lowest BCUT2D eigenvalue weighted by Gasteiger charge is -2.19. The molecule has 0 bridgehead atoms. The third kappa shape index (κ3) is 5.01. The summed E-state index contributed by atoms with van der Waals surface area (Å²) in [4.78, 5) is 2.09. The number of nitrogens with one attached hydrogen (secondary N) is 1. The highest BCUT2D eigenvalue weighted by Gasteiger charge is 2.13. The summed E-state index contributed by atoms with van der Waals surface area (Å²) in [6, 6.07) is 0.606. The molecule has 0 fully saturated rings. The van der Waals surface area contributed by atoms with Gasteiger partial charge in [0.25, 0.3) is 0 Å². The van der Waals surface area contributed by atoms with Crippen molar-refractivity contribution in [1.82, 2.24) is 15.5 Å². The summed E-state index contributed by atoms with van der Waals surface area (Å²) in [5.41, 5.74) is 0. The summed E-state index contributed by atoms with van der Waals surface area (Å²) in [5.74, 6) is 1.18. The van der Waals surface area contributed by atoms with E-state index < -0.39 is 0 Å². The van der Waals surface area contributed by atoms with Gasteiger partial charge in [0, 0.05) is 26.7 Å². The van der Waals surface area contributed by atoms with Gasteiger partial charge >= 0.3 is 6.01 Å². The fraction of sp³-hybridized carbons (Fsp3) is 0.833. The van der Waals surface area contributed by atoms with Crippen molar-refractivity contribution in [2.45, 2.75) is 27.3 Å². The van der Waals surface area contributed by atoms with Crippen LogP contribution >= 0.6 is 0 Å². The Morgan fingerprint density at radius 3 is 2.78 bits per heavy atom. The minimum atomic E-state index is 0.570. The second-order valence-electron chi connectivity index (χ2n) is 4.58. The maximum atomic E-state index is 5.62. The van der Waals surface area contributed by atoms with Crippen LogP contribution in [-0.2, 0) is 11.3 Å². The molecule has 1 rings (SSSR count).